The molecule has 0 unspecified atom stereocenters. The van der Waals surface area contributed by atoms with Crippen LogP contribution in [0.25, 0.3) is 38.4 Å². The number of hydrogen-bond donors (Lipinski definition) is 1. The first-order chi connectivity index (χ1) is 17.4. The second-order valence-electron chi connectivity index (χ2n) is 8.43. The van der Waals surface area contributed by atoms with E-state index in [-0.39, 0.29) is 5.69 Å². The van der Waals surface area contributed by atoms with E-state index in [2.05, 4.69) is 35.6 Å². The van der Waals surface area contributed by atoms with Gasteiger partial charge in [-0.25, -0.2) is 8.78 Å². The van der Waals surface area contributed by atoms with Crippen molar-refractivity contribution in [3.8, 4) is 16.9 Å². The van der Waals surface area contributed by atoms with E-state index < -0.39 is 17.5 Å². The van der Waals surface area contributed by atoms with E-state index in [1.54, 1.807) is 13.2 Å². The van der Waals surface area contributed by atoms with Crippen LogP contribution < -0.4 is 10.1 Å². The molecule has 0 aliphatic carbocycles. The van der Waals surface area contributed by atoms with Crippen molar-refractivity contribution >= 4 is 38.9 Å². The molecule has 1 aromatic heterocycles. The number of benzene rings is 4. The lowest BCUT2D eigenvalue weighted by atomic mass is 9.97. The Morgan fingerprint density at radius 1 is 1.00 bits per heavy atom. The van der Waals surface area contributed by atoms with Crippen molar-refractivity contribution in [1.29, 1.82) is 0 Å². The van der Waals surface area contributed by atoms with Gasteiger partial charge in [-0.2, -0.15) is 0 Å². The van der Waals surface area contributed by atoms with Crippen LogP contribution in [0, 0.1) is 11.6 Å². The number of furan rings is 1. The smallest absolute Gasteiger partial charge is 0.248 e. The van der Waals surface area contributed by atoms with E-state index in [9.17, 15) is 13.6 Å². The van der Waals surface area contributed by atoms with Crippen LogP contribution in [0.4, 0.5) is 14.5 Å². The Hall–Kier alpha value is -4.45. The Labute approximate surface area is 206 Å². The second-order valence-corrected chi connectivity index (χ2v) is 8.43. The molecule has 4 nitrogen and oxygen atoms in total. The van der Waals surface area contributed by atoms with Gasteiger partial charge in [-0.1, -0.05) is 36.4 Å². The molecule has 0 atom stereocenters. The summed E-state index contributed by atoms with van der Waals surface area (Å²) in [5, 5.41) is 5.61. The fourth-order valence-electron chi connectivity index (χ4n) is 4.25. The molecule has 180 valence electrons. The van der Waals surface area contributed by atoms with E-state index >= 15 is 0 Å². The Morgan fingerprint density at radius 2 is 1.81 bits per heavy atom. The predicted molar refractivity (Wildman–Crippen MR) is 139 cm³/mol. The van der Waals surface area contributed by atoms with Crippen molar-refractivity contribution < 1.29 is 22.7 Å². The first-order valence-electron chi connectivity index (χ1n) is 11.5. The standard InChI is InChI=1S/C30H23F2NO3/c1-3-35-28-16-29-24(25(17-36-29)21-9-8-19-6-4-5-7-20(19)13-21)15-23(28)18(2)12-30(34)33-27-11-10-22(31)14-26(27)32/h4-17H,3H2,1-2H3,(H,33,34)/b18-12+. The van der Waals surface area contributed by atoms with Gasteiger partial charge in [0, 0.05) is 34.7 Å². The minimum absolute atomic E-state index is 0.0978. The SMILES string of the molecule is CCOc1cc2occ(-c3ccc4ccccc4c3)c2cc1/C(C)=C/C(=O)Nc1ccc(F)cc1F. The summed E-state index contributed by atoms with van der Waals surface area (Å²) in [5.41, 5.74) is 3.82. The third kappa shape index (κ3) is 4.58. The number of anilines is 1. The van der Waals surface area contributed by atoms with Crippen LogP contribution in [0.2, 0.25) is 0 Å². The minimum Gasteiger partial charge on any atom is -0.493 e. The number of halogens is 2. The number of hydrogen-bond acceptors (Lipinski definition) is 3. The van der Waals surface area contributed by atoms with Gasteiger partial charge in [-0.05, 0) is 60.0 Å². The van der Waals surface area contributed by atoms with Gasteiger partial charge in [0.25, 0.3) is 0 Å². The van der Waals surface area contributed by atoms with Gasteiger partial charge in [0.2, 0.25) is 5.91 Å². The molecule has 1 amide bonds. The van der Waals surface area contributed by atoms with Gasteiger partial charge >= 0.3 is 0 Å². The van der Waals surface area contributed by atoms with Crippen molar-refractivity contribution in [2.75, 3.05) is 11.9 Å². The van der Waals surface area contributed by atoms with Crippen LogP contribution in [-0.4, -0.2) is 12.5 Å². The molecule has 6 heteroatoms. The number of allylic oxidation sites excluding steroid dienone is 1. The summed E-state index contributed by atoms with van der Waals surface area (Å²) in [6.45, 7) is 4.08. The molecule has 36 heavy (non-hydrogen) atoms. The van der Waals surface area contributed by atoms with Crippen LogP contribution in [0.3, 0.4) is 0 Å². The van der Waals surface area contributed by atoms with Crippen LogP contribution in [0.15, 0.2) is 89.6 Å². The third-order valence-corrected chi connectivity index (χ3v) is 6.00. The van der Waals surface area contributed by atoms with Crippen LogP contribution >= 0.6 is 0 Å². The van der Waals surface area contributed by atoms with Crippen molar-refractivity contribution in [3.05, 3.63) is 102 Å². The lowest BCUT2D eigenvalue weighted by Gasteiger charge is -2.12. The van der Waals surface area contributed by atoms with Gasteiger partial charge in [0.1, 0.15) is 23.0 Å². The largest absolute Gasteiger partial charge is 0.493 e. The lowest BCUT2D eigenvalue weighted by Crippen LogP contribution is -2.10. The molecule has 4 aromatic carbocycles. The van der Waals surface area contributed by atoms with Crippen molar-refractivity contribution in [2.24, 2.45) is 0 Å². The molecule has 0 radical (unpaired) electrons. The maximum atomic E-state index is 14.0. The monoisotopic (exact) mass is 483 g/mol. The topological polar surface area (TPSA) is 51.5 Å². The summed E-state index contributed by atoms with van der Waals surface area (Å²) in [4.78, 5) is 12.6. The molecule has 0 fully saturated rings. The van der Waals surface area contributed by atoms with Crippen molar-refractivity contribution in [1.82, 2.24) is 0 Å². The number of carbonyl (C=O) groups is 1. The maximum absolute atomic E-state index is 14.0. The summed E-state index contributed by atoms with van der Waals surface area (Å²) >= 11 is 0. The first kappa shape index (κ1) is 23.3. The third-order valence-electron chi connectivity index (χ3n) is 6.00. The van der Waals surface area contributed by atoms with E-state index in [4.69, 9.17) is 9.15 Å². The van der Waals surface area contributed by atoms with E-state index in [1.807, 2.05) is 31.2 Å². The molecule has 0 saturated carbocycles. The Balaban J connectivity index is 1.54. The number of ether oxygens (including phenoxy) is 1. The predicted octanol–water partition coefficient (Wildman–Crippen LogP) is 7.97. The number of carbonyl (C=O) groups excluding carboxylic acids is 1. The number of amides is 1. The zero-order valence-corrected chi connectivity index (χ0v) is 19.8. The highest BCUT2D eigenvalue weighted by atomic mass is 19.1. The van der Waals surface area contributed by atoms with Gasteiger partial charge in [-0.3, -0.25) is 4.79 Å². The van der Waals surface area contributed by atoms with Crippen molar-refractivity contribution in [2.45, 2.75) is 13.8 Å². The van der Waals surface area contributed by atoms with Crippen LogP contribution in [-0.2, 0) is 4.79 Å². The number of nitrogens with one attached hydrogen (secondary N) is 1. The molecule has 0 bridgehead atoms. The quantitative estimate of drug-likeness (QED) is 0.249. The fourth-order valence-corrected chi connectivity index (χ4v) is 4.25. The highest BCUT2D eigenvalue weighted by molar-refractivity contribution is 6.05. The first-order valence-corrected chi connectivity index (χ1v) is 11.5. The zero-order valence-electron chi connectivity index (χ0n) is 19.8. The van der Waals surface area contributed by atoms with Crippen molar-refractivity contribution in [3.63, 3.8) is 0 Å². The Bertz CT molecular complexity index is 1630. The molecule has 1 heterocycles. The average Bonchev–Trinajstić information content (AvgIpc) is 3.28. The Morgan fingerprint density at radius 3 is 2.58 bits per heavy atom. The lowest BCUT2D eigenvalue weighted by molar-refractivity contribution is -0.111. The highest BCUT2D eigenvalue weighted by Gasteiger charge is 2.16. The molecule has 0 aliphatic rings. The minimum atomic E-state index is -0.843. The van der Waals surface area contributed by atoms with Gasteiger partial charge in [-0.15, -0.1) is 0 Å². The van der Waals surface area contributed by atoms with Crippen LogP contribution in [0.5, 0.6) is 5.75 Å². The fraction of sp³-hybridized carbons (Fsp3) is 0.100. The van der Waals surface area contributed by atoms with Crippen LogP contribution in [0.1, 0.15) is 19.4 Å². The molecule has 1 N–H and O–H groups in total. The maximum Gasteiger partial charge on any atom is 0.248 e. The summed E-state index contributed by atoms with van der Waals surface area (Å²) in [6, 6.07) is 21.1. The zero-order chi connectivity index (χ0) is 25.2. The molecule has 0 spiro atoms. The molecule has 0 saturated heterocycles. The summed E-state index contributed by atoms with van der Waals surface area (Å²) in [7, 11) is 0. The van der Waals surface area contributed by atoms with Gasteiger partial charge < -0.3 is 14.5 Å². The van der Waals surface area contributed by atoms with Gasteiger partial charge in [0.05, 0.1) is 18.6 Å². The number of fused-ring (bicyclic) bond motifs is 2. The highest BCUT2D eigenvalue weighted by Crippen LogP contribution is 2.38. The van der Waals surface area contributed by atoms with E-state index in [0.29, 0.717) is 29.1 Å². The number of rotatable bonds is 6. The average molecular weight is 484 g/mol. The van der Waals surface area contributed by atoms with Gasteiger partial charge in [0.15, 0.2) is 0 Å². The van der Waals surface area contributed by atoms with E-state index in [0.717, 1.165) is 39.4 Å². The van der Waals surface area contributed by atoms with E-state index in [1.165, 1.54) is 12.1 Å². The normalized spacial score (nSPS) is 11.7. The molecule has 5 aromatic rings. The summed E-state index contributed by atoms with van der Waals surface area (Å²) in [5.74, 6) is -1.53. The molecular formula is C30H23F2NO3. The summed E-state index contributed by atoms with van der Waals surface area (Å²) < 4.78 is 38.9. The molecular weight excluding hydrogens is 460 g/mol. The molecule has 0 aliphatic heterocycles. The second kappa shape index (κ2) is 9.66. The molecule has 5 rings (SSSR count). The summed E-state index contributed by atoms with van der Waals surface area (Å²) in [6.07, 6.45) is 3.08. The Kier molecular flexibility index (Phi) is 6.25.